The van der Waals surface area contributed by atoms with E-state index in [1.807, 2.05) is 12.1 Å². The van der Waals surface area contributed by atoms with E-state index in [2.05, 4.69) is 20.5 Å². The van der Waals surface area contributed by atoms with E-state index < -0.39 is 11.9 Å². The fourth-order valence-electron chi connectivity index (χ4n) is 3.09. The molecule has 4 rings (SSSR count). The number of rotatable bonds is 6. The molecular weight excluding hydrogens is 373 g/mol. The van der Waals surface area contributed by atoms with E-state index in [0.717, 1.165) is 10.9 Å². The molecule has 4 aromatic rings. The summed E-state index contributed by atoms with van der Waals surface area (Å²) in [5.41, 5.74) is 1.37. The molecule has 0 saturated carbocycles. The number of aromatic nitrogens is 5. The van der Waals surface area contributed by atoms with Crippen LogP contribution in [-0.4, -0.2) is 35.8 Å². The van der Waals surface area contributed by atoms with Crippen LogP contribution < -0.4 is 5.32 Å². The van der Waals surface area contributed by atoms with E-state index in [1.165, 1.54) is 6.07 Å². The number of halogens is 1. The summed E-state index contributed by atoms with van der Waals surface area (Å²) in [6.45, 7) is 2.36. The Labute approximate surface area is 165 Å². The first-order chi connectivity index (χ1) is 14.0. The number of pyridine rings is 1. The highest BCUT2D eigenvalue weighted by molar-refractivity contribution is 5.81. The summed E-state index contributed by atoms with van der Waals surface area (Å²) in [6.07, 6.45) is 4.64. The van der Waals surface area contributed by atoms with Crippen LogP contribution in [0.2, 0.25) is 0 Å². The minimum Gasteiger partial charge on any atom is -0.391 e. The maximum Gasteiger partial charge on any atom is 0.153 e. The molecule has 0 fully saturated rings. The number of hydrogen-bond acceptors (Lipinski definition) is 6. The van der Waals surface area contributed by atoms with Gasteiger partial charge < -0.3 is 10.4 Å². The van der Waals surface area contributed by atoms with Gasteiger partial charge >= 0.3 is 0 Å². The quantitative estimate of drug-likeness (QED) is 0.524. The normalized spacial score (nSPS) is 12.1. The van der Waals surface area contributed by atoms with Crippen LogP contribution in [-0.2, 0) is 13.1 Å². The molecule has 2 N–H and O–H groups in total. The fourth-order valence-corrected chi connectivity index (χ4v) is 3.09. The summed E-state index contributed by atoms with van der Waals surface area (Å²) in [5.74, 6) is 0.625. The van der Waals surface area contributed by atoms with Crippen LogP contribution in [0.5, 0.6) is 0 Å². The number of benzene rings is 1. The highest BCUT2D eigenvalue weighted by Gasteiger charge is 2.12. The maximum atomic E-state index is 13.9. The Kier molecular flexibility index (Phi) is 4.93. The van der Waals surface area contributed by atoms with Crippen molar-refractivity contribution in [2.45, 2.75) is 26.1 Å². The van der Waals surface area contributed by atoms with Crippen molar-refractivity contribution >= 4 is 22.5 Å². The molecule has 0 saturated heterocycles. The third kappa shape index (κ3) is 3.93. The summed E-state index contributed by atoms with van der Waals surface area (Å²) in [6, 6.07) is 10.1. The Hall–Kier alpha value is -3.77. The van der Waals surface area contributed by atoms with Crippen molar-refractivity contribution in [3.8, 4) is 6.07 Å². The molecule has 0 aliphatic carbocycles. The maximum absolute atomic E-state index is 13.9. The van der Waals surface area contributed by atoms with Crippen molar-refractivity contribution in [1.29, 1.82) is 5.26 Å². The zero-order chi connectivity index (χ0) is 20.4. The van der Waals surface area contributed by atoms with E-state index >= 15 is 0 Å². The first-order valence-corrected chi connectivity index (χ1v) is 9.01. The van der Waals surface area contributed by atoms with E-state index in [1.54, 1.807) is 53.1 Å². The van der Waals surface area contributed by atoms with Gasteiger partial charge in [0.05, 0.1) is 36.5 Å². The highest BCUT2D eigenvalue weighted by Crippen LogP contribution is 2.21. The molecule has 0 aliphatic rings. The molecule has 29 heavy (non-hydrogen) atoms. The van der Waals surface area contributed by atoms with Crippen LogP contribution in [0.4, 0.5) is 16.0 Å². The third-order valence-corrected chi connectivity index (χ3v) is 4.41. The zero-order valence-electron chi connectivity index (χ0n) is 15.6. The van der Waals surface area contributed by atoms with Crippen molar-refractivity contribution in [2.24, 2.45) is 0 Å². The van der Waals surface area contributed by atoms with Crippen LogP contribution in [0.15, 0.2) is 48.9 Å². The van der Waals surface area contributed by atoms with Gasteiger partial charge in [-0.05, 0) is 18.6 Å². The molecule has 8 nitrogen and oxygen atoms in total. The third-order valence-electron chi connectivity index (χ3n) is 4.41. The SMILES string of the molecule is CC(O)Cn1ccc(Nc2cc3c(cn2)cnn3Cc2cccc(F)c2C#N)n1. The van der Waals surface area contributed by atoms with Gasteiger partial charge in [-0.2, -0.15) is 15.5 Å². The van der Waals surface area contributed by atoms with Gasteiger partial charge in [0.1, 0.15) is 17.7 Å². The minimum atomic E-state index is -0.543. The van der Waals surface area contributed by atoms with Crippen molar-refractivity contribution < 1.29 is 9.50 Å². The van der Waals surface area contributed by atoms with E-state index in [0.29, 0.717) is 23.7 Å². The molecule has 9 heteroatoms. The van der Waals surface area contributed by atoms with Gasteiger partial charge in [0.15, 0.2) is 5.82 Å². The topological polar surface area (TPSA) is 105 Å². The molecule has 0 radical (unpaired) electrons. The number of nitrogens with zero attached hydrogens (tertiary/aromatic N) is 6. The molecule has 146 valence electrons. The molecule has 1 unspecified atom stereocenters. The number of aliphatic hydroxyl groups excluding tert-OH is 1. The predicted molar refractivity (Wildman–Crippen MR) is 105 cm³/mol. The van der Waals surface area contributed by atoms with E-state index in [9.17, 15) is 14.8 Å². The lowest BCUT2D eigenvalue weighted by molar-refractivity contribution is 0.168. The predicted octanol–water partition coefficient (Wildman–Crippen LogP) is 2.81. The lowest BCUT2D eigenvalue weighted by atomic mass is 10.1. The summed E-state index contributed by atoms with van der Waals surface area (Å²) < 4.78 is 17.2. The molecule has 0 amide bonds. The van der Waals surface area contributed by atoms with Gasteiger partial charge in [0.25, 0.3) is 0 Å². The molecule has 0 bridgehead atoms. The molecule has 0 spiro atoms. The number of nitrogens with one attached hydrogen (secondary N) is 1. The second kappa shape index (κ2) is 7.69. The number of anilines is 2. The number of hydrogen-bond donors (Lipinski definition) is 2. The van der Waals surface area contributed by atoms with Crippen LogP contribution in [0, 0.1) is 17.1 Å². The Morgan fingerprint density at radius 3 is 2.93 bits per heavy atom. The molecule has 1 aromatic carbocycles. The van der Waals surface area contributed by atoms with Crippen LogP contribution in [0.25, 0.3) is 10.9 Å². The fraction of sp³-hybridized carbons (Fsp3) is 0.200. The van der Waals surface area contributed by atoms with Crippen molar-refractivity contribution in [3.05, 3.63) is 65.9 Å². The standard InChI is InChI=1S/C20H18FN7O/c1-13(29)11-27-6-5-19(26-27)25-20-7-18-15(9-23-20)10-24-28(18)12-14-3-2-4-17(21)16(14)8-22/h2-7,9-10,13,29H,11-12H2,1H3,(H,23,25,26). The number of fused-ring (bicyclic) bond motifs is 1. The van der Waals surface area contributed by atoms with Crippen LogP contribution in [0.1, 0.15) is 18.1 Å². The lowest BCUT2D eigenvalue weighted by Gasteiger charge is -2.08. The Morgan fingerprint density at radius 2 is 2.14 bits per heavy atom. The van der Waals surface area contributed by atoms with Crippen LogP contribution in [0.3, 0.4) is 0 Å². The van der Waals surface area contributed by atoms with E-state index in [-0.39, 0.29) is 12.1 Å². The van der Waals surface area contributed by atoms with Gasteiger partial charge in [-0.25, -0.2) is 9.37 Å². The Bertz CT molecular complexity index is 1210. The first-order valence-electron chi connectivity index (χ1n) is 9.01. The molecule has 0 aliphatic heterocycles. The molecule has 3 heterocycles. The zero-order valence-corrected chi connectivity index (χ0v) is 15.6. The summed E-state index contributed by atoms with van der Waals surface area (Å²) >= 11 is 0. The van der Waals surface area contributed by atoms with Crippen molar-refractivity contribution in [2.75, 3.05) is 5.32 Å². The summed E-state index contributed by atoms with van der Waals surface area (Å²) in [5, 5.41) is 31.3. The second-order valence-corrected chi connectivity index (χ2v) is 6.71. The molecule has 1 atom stereocenters. The lowest BCUT2D eigenvalue weighted by Crippen LogP contribution is -2.12. The largest absolute Gasteiger partial charge is 0.391 e. The van der Waals surface area contributed by atoms with Crippen molar-refractivity contribution in [1.82, 2.24) is 24.5 Å². The molecular formula is C20H18FN7O. The minimum absolute atomic E-state index is 0.0206. The van der Waals surface area contributed by atoms with Gasteiger partial charge in [-0.1, -0.05) is 12.1 Å². The van der Waals surface area contributed by atoms with Gasteiger partial charge in [-0.3, -0.25) is 9.36 Å². The highest BCUT2D eigenvalue weighted by atomic mass is 19.1. The smallest absolute Gasteiger partial charge is 0.153 e. The van der Waals surface area contributed by atoms with Gasteiger partial charge in [0, 0.05) is 29.9 Å². The van der Waals surface area contributed by atoms with Gasteiger partial charge in [-0.15, -0.1) is 0 Å². The number of aliphatic hydroxyl groups is 1. The average Bonchev–Trinajstić information content (AvgIpc) is 3.28. The Balaban J connectivity index is 1.61. The first kappa shape index (κ1) is 18.6. The molecule has 3 aromatic heterocycles. The van der Waals surface area contributed by atoms with E-state index in [4.69, 9.17) is 0 Å². The summed E-state index contributed by atoms with van der Waals surface area (Å²) in [4.78, 5) is 4.37. The van der Waals surface area contributed by atoms with Crippen LogP contribution >= 0.6 is 0 Å². The van der Waals surface area contributed by atoms with Crippen molar-refractivity contribution in [3.63, 3.8) is 0 Å². The van der Waals surface area contributed by atoms with Gasteiger partial charge in [0.2, 0.25) is 0 Å². The second-order valence-electron chi connectivity index (χ2n) is 6.71. The Morgan fingerprint density at radius 1 is 1.28 bits per heavy atom. The summed E-state index contributed by atoms with van der Waals surface area (Å²) in [7, 11) is 0. The number of nitriles is 1. The average molecular weight is 391 g/mol. The monoisotopic (exact) mass is 391 g/mol.